The molecule has 0 fully saturated rings. The number of anilines is 1. The highest BCUT2D eigenvalue weighted by molar-refractivity contribution is 5.96. The Labute approximate surface area is 188 Å². The molecule has 0 saturated carbocycles. The van der Waals surface area contributed by atoms with Crippen LogP contribution in [-0.4, -0.2) is 18.3 Å². The highest BCUT2D eigenvalue weighted by Gasteiger charge is 2.04. The van der Waals surface area contributed by atoms with Crippen molar-refractivity contribution in [2.45, 2.75) is 13.8 Å². The normalized spacial score (nSPS) is 12.3. The van der Waals surface area contributed by atoms with E-state index in [1.807, 2.05) is 92.7 Å². The third-order valence-corrected chi connectivity index (χ3v) is 4.41. The van der Waals surface area contributed by atoms with E-state index < -0.39 is 0 Å². The summed E-state index contributed by atoms with van der Waals surface area (Å²) in [4.78, 5) is 12.4. The fourth-order valence-corrected chi connectivity index (χ4v) is 2.89. The van der Waals surface area contributed by atoms with Crippen LogP contribution < -0.4 is 10.9 Å². The summed E-state index contributed by atoms with van der Waals surface area (Å²) in [6.45, 7) is 3.91. The van der Waals surface area contributed by atoms with Crippen molar-refractivity contribution in [3.63, 3.8) is 0 Å². The maximum Gasteiger partial charge on any atom is 0.271 e. The maximum atomic E-state index is 12.4. The molecule has 0 aliphatic carbocycles. The highest BCUT2D eigenvalue weighted by Crippen LogP contribution is 2.11. The average molecular weight is 423 g/mol. The van der Waals surface area contributed by atoms with Crippen molar-refractivity contribution in [1.29, 1.82) is 0 Å². The van der Waals surface area contributed by atoms with E-state index >= 15 is 0 Å². The van der Waals surface area contributed by atoms with Crippen LogP contribution in [-0.2, 0) is 0 Å². The molecule has 0 heterocycles. The SMILES string of the molecule is CC(/C=N\NC(=O)c1cccc(N/N=C\C(C)=C\c2ccccc2)c1)=C\c1ccccc1. The van der Waals surface area contributed by atoms with E-state index in [2.05, 4.69) is 21.1 Å². The predicted octanol–water partition coefficient (Wildman–Crippen LogP) is 6.01. The third-order valence-electron chi connectivity index (χ3n) is 4.41. The van der Waals surface area contributed by atoms with Gasteiger partial charge in [0.2, 0.25) is 0 Å². The number of hydrogen-bond donors (Lipinski definition) is 2. The molecule has 0 radical (unpaired) electrons. The van der Waals surface area contributed by atoms with E-state index in [-0.39, 0.29) is 5.91 Å². The van der Waals surface area contributed by atoms with Gasteiger partial charge in [-0.1, -0.05) is 78.9 Å². The largest absolute Gasteiger partial charge is 0.278 e. The molecular formula is C27H26N4O. The van der Waals surface area contributed by atoms with Crippen LogP contribution in [0, 0.1) is 0 Å². The molecule has 2 N–H and O–H groups in total. The minimum absolute atomic E-state index is 0.290. The Morgan fingerprint density at radius 2 is 1.28 bits per heavy atom. The molecule has 32 heavy (non-hydrogen) atoms. The van der Waals surface area contributed by atoms with Crippen LogP contribution in [0.2, 0.25) is 0 Å². The summed E-state index contributed by atoms with van der Waals surface area (Å²) in [7, 11) is 0. The topological polar surface area (TPSA) is 65.8 Å². The van der Waals surface area contributed by atoms with Crippen molar-refractivity contribution in [2.24, 2.45) is 10.2 Å². The van der Waals surface area contributed by atoms with E-state index in [9.17, 15) is 4.79 Å². The summed E-state index contributed by atoms with van der Waals surface area (Å²) in [5, 5.41) is 8.30. The first-order valence-corrected chi connectivity index (χ1v) is 10.3. The number of amides is 1. The Kier molecular flexibility index (Phi) is 8.28. The molecule has 5 nitrogen and oxygen atoms in total. The Balaban J connectivity index is 1.55. The van der Waals surface area contributed by atoms with E-state index in [0.29, 0.717) is 11.3 Å². The van der Waals surface area contributed by atoms with Crippen molar-refractivity contribution in [3.05, 3.63) is 113 Å². The first kappa shape index (κ1) is 22.4. The van der Waals surface area contributed by atoms with Gasteiger partial charge in [-0.2, -0.15) is 10.2 Å². The van der Waals surface area contributed by atoms with Gasteiger partial charge in [-0.25, -0.2) is 5.43 Å². The van der Waals surface area contributed by atoms with Gasteiger partial charge in [0.25, 0.3) is 5.91 Å². The van der Waals surface area contributed by atoms with Gasteiger partial charge in [-0.15, -0.1) is 0 Å². The van der Waals surface area contributed by atoms with Gasteiger partial charge >= 0.3 is 0 Å². The Morgan fingerprint density at radius 3 is 1.88 bits per heavy atom. The van der Waals surface area contributed by atoms with Gasteiger partial charge in [0.05, 0.1) is 18.1 Å². The van der Waals surface area contributed by atoms with Gasteiger partial charge < -0.3 is 0 Å². The third kappa shape index (κ3) is 7.54. The second kappa shape index (κ2) is 11.8. The smallest absolute Gasteiger partial charge is 0.271 e. The molecule has 0 atom stereocenters. The second-order valence-electron chi connectivity index (χ2n) is 7.25. The van der Waals surface area contributed by atoms with Crippen molar-refractivity contribution >= 4 is 36.2 Å². The van der Waals surface area contributed by atoms with Crippen LogP contribution in [0.15, 0.2) is 106 Å². The van der Waals surface area contributed by atoms with Crippen molar-refractivity contribution < 1.29 is 4.79 Å². The van der Waals surface area contributed by atoms with Crippen LogP contribution >= 0.6 is 0 Å². The lowest BCUT2D eigenvalue weighted by atomic mass is 10.1. The van der Waals surface area contributed by atoms with Gasteiger partial charge in [-0.05, 0) is 54.3 Å². The fourth-order valence-electron chi connectivity index (χ4n) is 2.89. The van der Waals surface area contributed by atoms with Gasteiger partial charge in [0.1, 0.15) is 0 Å². The highest BCUT2D eigenvalue weighted by atomic mass is 16.2. The molecule has 160 valence electrons. The zero-order valence-electron chi connectivity index (χ0n) is 18.2. The molecule has 0 aliphatic rings. The van der Waals surface area contributed by atoms with Crippen molar-refractivity contribution in [1.82, 2.24) is 5.43 Å². The number of benzene rings is 3. The number of allylic oxidation sites excluding steroid dienone is 2. The molecule has 5 heteroatoms. The minimum Gasteiger partial charge on any atom is -0.278 e. The quantitative estimate of drug-likeness (QED) is 0.345. The summed E-state index contributed by atoms with van der Waals surface area (Å²) in [5.74, 6) is -0.290. The van der Waals surface area contributed by atoms with Gasteiger partial charge in [0, 0.05) is 5.56 Å². The van der Waals surface area contributed by atoms with Gasteiger partial charge in [0.15, 0.2) is 0 Å². The molecule has 3 rings (SSSR count). The van der Waals surface area contributed by atoms with E-state index in [1.165, 1.54) is 0 Å². The van der Waals surface area contributed by atoms with Crippen LogP contribution in [0.1, 0.15) is 35.3 Å². The van der Waals surface area contributed by atoms with Crippen molar-refractivity contribution in [3.8, 4) is 0 Å². The number of hydrazone groups is 2. The first-order valence-electron chi connectivity index (χ1n) is 10.3. The number of nitrogens with one attached hydrogen (secondary N) is 2. The van der Waals surface area contributed by atoms with E-state index in [4.69, 9.17) is 0 Å². The first-order chi connectivity index (χ1) is 15.6. The predicted molar refractivity (Wildman–Crippen MR) is 135 cm³/mol. The van der Waals surface area contributed by atoms with Crippen LogP contribution in [0.5, 0.6) is 0 Å². The minimum atomic E-state index is -0.290. The molecule has 1 amide bonds. The second-order valence-corrected chi connectivity index (χ2v) is 7.25. The monoisotopic (exact) mass is 422 g/mol. The molecule has 0 spiro atoms. The van der Waals surface area contributed by atoms with Crippen molar-refractivity contribution in [2.75, 3.05) is 5.43 Å². The average Bonchev–Trinajstić information content (AvgIpc) is 2.80. The maximum absolute atomic E-state index is 12.4. The molecule has 0 saturated heterocycles. The number of carbonyl (C=O) groups is 1. The molecule has 0 aliphatic heterocycles. The Morgan fingerprint density at radius 1 is 0.719 bits per heavy atom. The van der Waals surface area contributed by atoms with E-state index in [1.54, 1.807) is 30.6 Å². The van der Waals surface area contributed by atoms with Crippen LogP contribution in [0.4, 0.5) is 5.69 Å². The van der Waals surface area contributed by atoms with Crippen LogP contribution in [0.3, 0.4) is 0 Å². The fraction of sp³-hybridized carbons (Fsp3) is 0.0741. The summed E-state index contributed by atoms with van der Waals surface area (Å²) in [5.41, 5.74) is 10.9. The number of rotatable bonds is 8. The Bertz CT molecular complexity index is 1150. The number of hydrogen-bond acceptors (Lipinski definition) is 4. The summed E-state index contributed by atoms with van der Waals surface area (Å²) in [6, 6.07) is 27.1. The zero-order valence-corrected chi connectivity index (χ0v) is 18.2. The molecule has 0 unspecified atom stereocenters. The summed E-state index contributed by atoms with van der Waals surface area (Å²) in [6.07, 6.45) is 7.40. The summed E-state index contributed by atoms with van der Waals surface area (Å²) < 4.78 is 0. The molecule has 3 aromatic carbocycles. The van der Waals surface area contributed by atoms with Crippen LogP contribution in [0.25, 0.3) is 12.2 Å². The Hall–Kier alpha value is -4.25. The number of carbonyl (C=O) groups excluding carboxylic acids is 1. The molecular weight excluding hydrogens is 396 g/mol. The molecule has 3 aromatic rings. The van der Waals surface area contributed by atoms with Gasteiger partial charge in [-0.3, -0.25) is 10.2 Å². The molecule has 0 aromatic heterocycles. The number of nitrogens with zero attached hydrogens (tertiary/aromatic N) is 2. The molecule has 0 bridgehead atoms. The summed E-state index contributed by atoms with van der Waals surface area (Å²) >= 11 is 0. The zero-order chi connectivity index (χ0) is 22.6. The lowest BCUT2D eigenvalue weighted by molar-refractivity contribution is 0.0955. The lowest BCUT2D eigenvalue weighted by Gasteiger charge is -2.04. The standard InChI is InChI=1S/C27H26N4O/c1-21(16-23-10-5-3-6-11-23)19-28-30-26-15-9-14-25(18-26)27(32)31-29-20-22(2)17-24-12-7-4-8-13-24/h3-20,30H,1-2H3,(H,31,32)/b21-16+,22-17+,28-19-,29-20-. The van der Waals surface area contributed by atoms with E-state index in [0.717, 1.165) is 22.3 Å². The lowest BCUT2D eigenvalue weighted by Crippen LogP contribution is -2.17.